The number of carboxylic acid groups (broad SMARTS) is 1. The number of carbonyl (C=O) groups is 2. The van der Waals surface area contributed by atoms with Crippen LogP contribution < -0.4 is 10.6 Å². The number of urea groups is 1. The summed E-state index contributed by atoms with van der Waals surface area (Å²) >= 11 is 12.0. The predicted molar refractivity (Wildman–Crippen MR) is 76.7 cm³/mol. The third kappa shape index (κ3) is 4.26. The number of hydrogen-bond acceptors (Lipinski definition) is 3. The number of ether oxygens (including phenoxy) is 1. The normalized spacial score (nSPS) is 11.8. The van der Waals surface area contributed by atoms with Gasteiger partial charge in [-0.05, 0) is 18.6 Å². The van der Waals surface area contributed by atoms with Crippen LogP contribution in [0.4, 0.5) is 10.5 Å². The number of rotatable bonds is 5. The Balaban J connectivity index is 2.81. The van der Waals surface area contributed by atoms with Crippen molar-refractivity contribution in [2.24, 2.45) is 0 Å². The summed E-state index contributed by atoms with van der Waals surface area (Å²) < 4.78 is 4.71. The molecule has 0 aliphatic rings. The highest BCUT2D eigenvalue weighted by Crippen LogP contribution is 2.32. The van der Waals surface area contributed by atoms with Gasteiger partial charge in [-0.3, -0.25) is 0 Å². The van der Waals surface area contributed by atoms with E-state index in [4.69, 9.17) is 33.0 Å². The first kappa shape index (κ1) is 16.6. The fourth-order valence-electron chi connectivity index (χ4n) is 1.42. The van der Waals surface area contributed by atoms with Crippen LogP contribution in [0.3, 0.4) is 0 Å². The van der Waals surface area contributed by atoms with Gasteiger partial charge in [-0.15, -0.1) is 0 Å². The van der Waals surface area contributed by atoms with E-state index in [-0.39, 0.29) is 17.3 Å². The van der Waals surface area contributed by atoms with Crippen molar-refractivity contribution in [2.75, 3.05) is 19.0 Å². The van der Waals surface area contributed by atoms with E-state index in [1.54, 1.807) is 19.1 Å². The van der Waals surface area contributed by atoms with Gasteiger partial charge in [0.1, 0.15) is 0 Å². The number of aryl methyl sites for hydroxylation is 1. The highest BCUT2D eigenvalue weighted by atomic mass is 35.5. The van der Waals surface area contributed by atoms with Crippen LogP contribution in [0.5, 0.6) is 0 Å². The van der Waals surface area contributed by atoms with Crippen LogP contribution in [0.1, 0.15) is 5.56 Å². The summed E-state index contributed by atoms with van der Waals surface area (Å²) in [5.74, 6) is -1.21. The number of carboxylic acids is 1. The maximum Gasteiger partial charge on any atom is 0.328 e. The maximum atomic E-state index is 11.8. The summed E-state index contributed by atoms with van der Waals surface area (Å²) in [4.78, 5) is 22.7. The molecular weight excluding hydrogens is 307 g/mol. The van der Waals surface area contributed by atoms with E-state index < -0.39 is 18.0 Å². The molecule has 1 aromatic rings. The van der Waals surface area contributed by atoms with Crippen LogP contribution in [-0.2, 0) is 9.53 Å². The lowest BCUT2D eigenvalue weighted by Crippen LogP contribution is -2.45. The molecule has 1 rings (SSSR count). The Kier molecular flexibility index (Phi) is 6.06. The summed E-state index contributed by atoms with van der Waals surface area (Å²) in [6.07, 6.45) is 0. The van der Waals surface area contributed by atoms with Crippen LogP contribution in [0, 0.1) is 6.92 Å². The molecule has 2 amide bonds. The zero-order valence-corrected chi connectivity index (χ0v) is 12.4. The minimum absolute atomic E-state index is 0.155. The highest BCUT2D eigenvalue weighted by Gasteiger charge is 2.20. The number of amides is 2. The number of methoxy groups -OCH3 is 1. The number of nitrogens with one attached hydrogen (secondary N) is 2. The highest BCUT2D eigenvalue weighted by molar-refractivity contribution is 6.40. The first-order valence-corrected chi connectivity index (χ1v) is 6.36. The number of hydrogen-bond donors (Lipinski definition) is 3. The van der Waals surface area contributed by atoms with Crippen molar-refractivity contribution in [3.05, 3.63) is 27.7 Å². The molecule has 1 aromatic carbocycles. The van der Waals surface area contributed by atoms with Crippen LogP contribution >= 0.6 is 23.2 Å². The molecule has 0 radical (unpaired) electrons. The van der Waals surface area contributed by atoms with Gasteiger partial charge in [0.25, 0.3) is 0 Å². The van der Waals surface area contributed by atoms with E-state index in [2.05, 4.69) is 10.6 Å². The smallest absolute Gasteiger partial charge is 0.328 e. The van der Waals surface area contributed by atoms with Crippen molar-refractivity contribution >= 4 is 40.9 Å². The SMILES string of the molecule is COCC(NC(=O)Nc1c(Cl)ccc(C)c1Cl)C(=O)O. The molecule has 0 saturated carbocycles. The monoisotopic (exact) mass is 320 g/mol. The zero-order chi connectivity index (χ0) is 15.3. The van der Waals surface area contributed by atoms with Gasteiger partial charge in [0.15, 0.2) is 6.04 Å². The standard InChI is InChI=1S/C12H14Cl2N2O4/c1-6-3-4-7(13)10(9(6)14)16-12(19)15-8(5-20-2)11(17)18/h3-4,8H,5H2,1-2H3,(H,17,18)(H2,15,16,19). The van der Waals surface area contributed by atoms with E-state index in [0.29, 0.717) is 5.02 Å². The van der Waals surface area contributed by atoms with Gasteiger partial charge < -0.3 is 20.5 Å². The van der Waals surface area contributed by atoms with Crippen molar-refractivity contribution in [1.82, 2.24) is 5.32 Å². The zero-order valence-electron chi connectivity index (χ0n) is 10.9. The fraction of sp³-hybridized carbons (Fsp3) is 0.333. The summed E-state index contributed by atoms with van der Waals surface area (Å²) in [5.41, 5.74) is 0.963. The van der Waals surface area contributed by atoms with Crippen LogP contribution in [0.15, 0.2) is 12.1 Å². The number of carbonyl (C=O) groups excluding carboxylic acids is 1. The van der Waals surface area contributed by atoms with Crippen molar-refractivity contribution in [1.29, 1.82) is 0 Å². The molecule has 0 spiro atoms. The van der Waals surface area contributed by atoms with Gasteiger partial charge in [-0.1, -0.05) is 29.3 Å². The van der Waals surface area contributed by atoms with Crippen LogP contribution in [0.2, 0.25) is 10.0 Å². The number of benzene rings is 1. The minimum atomic E-state index is -1.21. The number of aliphatic carboxylic acids is 1. The lowest BCUT2D eigenvalue weighted by atomic mass is 10.2. The Morgan fingerprint density at radius 1 is 1.40 bits per heavy atom. The minimum Gasteiger partial charge on any atom is -0.480 e. The molecule has 0 saturated heterocycles. The lowest BCUT2D eigenvalue weighted by Gasteiger charge is -2.16. The third-order valence-electron chi connectivity index (χ3n) is 2.46. The molecule has 0 fully saturated rings. The average Bonchev–Trinajstić information content (AvgIpc) is 2.38. The molecule has 0 aliphatic heterocycles. The van der Waals surface area contributed by atoms with E-state index in [0.717, 1.165) is 5.56 Å². The molecule has 3 N–H and O–H groups in total. The van der Waals surface area contributed by atoms with Gasteiger partial charge >= 0.3 is 12.0 Å². The Hall–Kier alpha value is -1.50. The second-order valence-corrected chi connectivity index (χ2v) is 4.78. The van der Waals surface area contributed by atoms with Crippen LogP contribution in [-0.4, -0.2) is 36.9 Å². The number of anilines is 1. The van der Waals surface area contributed by atoms with Crippen LogP contribution in [0.25, 0.3) is 0 Å². The van der Waals surface area contributed by atoms with Gasteiger partial charge in [-0.25, -0.2) is 9.59 Å². The van der Waals surface area contributed by atoms with Gasteiger partial charge in [-0.2, -0.15) is 0 Å². The summed E-state index contributed by atoms with van der Waals surface area (Å²) in [6, 6.07) is 1.40. The van der Waals surface area contributed by atoms with Crippen molar-refractivity contribution in [3.8, 4) is 0 Å². The fourth-order valence-corrected chi connectivity index (χ4v) is 1.89. The molecule has 20 heavy (non-hydrogen) atoms. The topological polar surface area (TPSA) is 87.7 Å². The summed E-state index contributed by atoms with van der Waals surface area (Å²) in [6.45, 7) is 1.60. The van der Waals surface area contributed by atoms with Crippen molar-refractivity contribution in [2.45, 2.75) is 13.0 Å². The van der Waals surface area contributed by atoms with Crippen molar-refractivity contribution < 1.29 is 19.4 Å². The van der Waals surface area contributed by atoms with E-state index in [1.165, 1.54) is 7.11 Å². The van der Waals surface area contributed by atoms with Gasteiger partial charge in [0, 0.05) is 7.11 Å². The van der Waals surface area contributed by atoms with E-state index >= 15 is 0 Å². The first-order chi connectivity index (χ1) is 9.36. The Morgan fingerprint density at radius 2 is 2.05 bits per heavy atom. The Morgan fingerprint density at radius 3 is 2.60 bits per heavy atom. The summed E-state index contributed by atoms with van der Waals surface area (Å²) in [7, 11) is 1.34. The third-order valence-corrected chi connectivity index (χ3v) is 3.26. The Labute approximate surface area is 126 Å². The van der Waals surface area contributed by atoms with Gasteiger partial charge in [0.05, 0.1) is 22.3 Å². The molecule has 0 aliphatic carbocycles. The maximum absolute atomic E-state index is 11.8. The second-order valence-electron chi connectivity index (χ2n) is 4.00. The van der Waals surface area contributed by atoms with Gasteiger partial charge in [0.2, 0.25) is 0 Å². The number of halogens is 2. The van der Waals surface area contributed by atoms with E-state index in [1.807, 2.05) is 0 Å². The molecule has 0 heterocycles. The molecule has 6 nitrogen and oxygen atoms in total. The molecule has 0 aromatic heterocycles. The molecule has 0 bridgehead atoms. The molecule has 8 heteroatoms. The summed E-state index contributed by atoms with van der Waals surface area (Å²) in [5, 5.41) is 14.1. The molecular formula is C12H14Cl2N2O4. The molecule has 110 valence electrons. The van der Waals surface area contributed by atoms with Crippen molar-refractivity contribution in [3.63, 3.8) is 0 Å². The predicted octanol–water partition coefficient (Wildman–Crippen LogP) is 2.52. The average molecular weight is 321 g/mol. The molecule has 1 atom stereocenters. The quantitative estimate of drug-likeness (QED) is 0.777. The Bertz CT molecular complexity index is 522. The lowest BCUT2D eigenvalue weighted by molar-refractivity contribution is -0.140. The largest absolute Gasteiger partial charge is 0.480 e. The second kappa shape index (κ2) is 7.33. The van der Waals surface area contributed by atoms with E-state index in [9.17, 15) is 9.59 Å². The first-order valence-electron chi connectivity index (χ1n) is 5.60. The molecule has 1 unspecified atom stereocenters.